The largest absolute Gasteiger partial charge is 0.507 e. The summed E-state index contributed by atoms with van der Waals surface area (Å²) in [5.41, 5.74) is -0.358. The SMILES string of the molecule is CCC(C)c1ccc(O)c(C(F)(F)F)c1. The van der Waals surface area contributed by atoms with E-state index < -0.39 is 17.5 Å². The molecule has 84 valence electrons. The molecule has 4 heteroatoms. The monoisotopic (exact) mass is 218 g/mol. The molecule has 0 aliphatic heterocycles. The van der Waals surface area contributed by atoms with Crippen molar-refractivity contribution in [2.24, 2.45) is 0 Å². The fourth-order valence-electron chi connectivity index (χ4n) is 1.32. The second kappa shape index (κ2) is 4.13. The molecule has 0 saturated heterocycles. The fourth-order valence-corrected chi connectivity index (χ4v) is 1.32. The number of hydrogen-bond acceptors (Lipinski definition) is 1. The number of phenols is 1. The van der Waals surface area contributed by atoms with Crippen molar-refractivity contribution in [3.63, 3.8) is 0 Å². The summed E-state index contributed by atoms with van der Waals surface area (Å²) in [5, 5.41) is 9.11. The van der Waals surface area contributed by atoms with Gasteiger partial charge in [-0.15, -0.1) is 0 Å². The van der Waals surface area contributed by atoms with Crippen LogP contribution in [0, 0.1) is 0 Å². The molecule has 1 aromatic carbocycles. The van der Waals surface area contributed by atoms with Crippen LogP contribution in [-0.2, 0) is 6.18 Å². The van der Waals surface area contributed by atoms with E-state index >= 15 is 0 Å². The van der Waals surface area contributed by atoms with Crippen LogP contribution in [0.25, 0.3) is 0 Å². The van der Waals surface area contributed by atoms with Gasteiger partial charge in [0.25, 0.3) is 0 Å². The van der Waals surface area contributed by atoms with Gasteiger partial charge in [0.2, 0.25) is 0 Å². The van der Waals surface area contributed by atoms with E-state index in [1.165, 1.54) is 6.07 Å². The highest BCUT2D eigenvalue weighted by molar-refractivity contribution is 5.39. The maximum atomic E-state index is 12.4. The average Bonchev–Trinajstić information content (AvgIpc) is 2.15. The second-order valence-corrected chi connectivity index (χ2v) is 3.58. The molecule has 0 bridgehead atoms. The molecule has 0 fully saturated rings. The molecule has 0 aromatic heterocycles. The van der Waals surface area contributed by atoms with Crippen molar-refractivity contribution in [3.05, 3.63) is 29.3 Å². The van der Waals surface area contributed by atoms with E-state index in [1.54, 1.807) is 0 Å². The number of alkyl halides is 3. The van der Waals surface area contributed by atoms with Gasteiger partial charge in [0, 0.05) is 0 Å². The lowest BCUT2D eigenvalue weighted by molar-refractivity contribution is -0.138. The van der Waals surface area contributed by atoms with Gasteiger partial charge in [0.1, 0.15) is 5.75 Å². The molecule has 1 aromatic rings. The van der Waals surface area contributed by atoms with E-state index in [0.717, 1.165) is 18.6 Å². The molecule has 0 heterocycles. The summed E-state index contributed by atoms with van der Waals surface area (Å²) >= 11 is 0. The predicted molar refractivity (Wildman–Crippen MR) is 51.8 cm³/mol. The summed E-state index contributed by atoms with van der Waals surface area (Å²) < 4.78 is 37.3. The highest BCUT2D eigenvalue weighted by Crippen LogP contribution is 2.37. The van der Waals surface area contributed by atoms with Crippen LogP contribution in [-0.4, -0.2) is 5.11 Å². The van der Waals surface area contributed by atoms with Gasteiger partial charge in [0.05, 0.1) is 5.56 Å². The van der Waals surface area contributed by atoms with Crippen molar-refractivity contribution in [3.8, 4) is 5.75 Å². The van der Waals surface area contributed by atoms with Crippen LogP contribution in [0.15, 0.2) is 18.2 Å². The Morgan fingerprint density at radius 1 is 1.33 bits per heavy atom. The van der Waals surface area contributed by atoms with Gasteiger partial charge in [-0.3, -0.25) is 0 Å². The third kappa shape index (κ3) is 2.64. The molecule has 1 atom stereocenters. The molecule has 0 aliphatic rings. The van der Waals surface area contributed by atoms with E-state index in [2.05, 4.69) is 0 Å². The molecule has 1 N–H and O–H groups in total. The van der Waals surface area contributed by atoms with Crippen LogP contribution in [0.1, 0.15) is 37.3 Å². The predicted octanol–water partition coefficient (Wildman–Crippen LogP) is 3.92. The first-order chi connectivity index (χ1) is 6.86. The Bertz CT molecular complexity index is 344. The van der Waals surface area contributed by atoms with Crippen molar-refractivity contribution >= 4 is 0 Å². The number of benzene rings is 1. The molecule has 0 radical (unpaired) electrons. The van der Waals surface area contributed by atoms with Gasteiger partial charge >= 0.3 is 6.18 Å². The van der Waals surface area contributed by atoms with Gasteiger partial charge in [0.15, 0.2) is 0 Å². The zero-order chi connectivity index (χ0) is 11.6. The van der Waals surface area contributed by atoms with Crippen molar-refractivity contribution in [1.82, 2.24) is 0 Å². The van der Waals surface area contributed by atoms with Crippen LogP contribution in [0.3, 0.4) is 0 Å². The summed E-state index contributed by atoms with van der Waals surface area (Å²) in [6.07, 6.45) is -3.73. The zero-order valence-corrected chi connectivity index (χ0v) is 8.60. The zero-order valence-electron chi connectivity index (χ0n) is 8.60. The lowest BCUT2D eigenvalue weighted by atomic mass is 9.96. The van der Waals surface area contributed by atoms with Crippen LogP contribution in [0.4, 0.5) is 13.2 Å². The van der Waals surface area contributed by atoms with Crippen molar-refractivity contribution < 1.29 is 18.3 Å². The molecule has 0 saturated carbocycles. The first kappa shape index (κ1) is 11.9. The second-order valence-electron chi connectivity index (χ2n) is 3.58. The Morgan fingerprint density at radius 3 is 2.40 bits per heavy atom. The van der Waals surface area contributed by atoms with E-state index in [9.17, 15) is 13.2 Å². The van der Waals surface area contributed by atoms with Gasteiger partial charge in [-0.2, -0.15) is 13.2 Å². The maximum absolute atomic E-state index is 12.4. The molecule has 1 nitrogen and oxygen atoms in total. The van der Waals surface area contributed by atoms with Crippen molar-refractivity contribution in [1.29, 1.82) is 0 Å². The lowest BCUT2D eigenvalue weighted by Crippen LogP contribution is -2.06. The summed E-state index contributed by atoms with van der Waals surface area (Å²) in [6, 6.07) is 3.65. The molecular weight excluding hydrogens is 205 g/mol. The lowest BCUT2D eigenvalue weighted by Gasteiger charge is -2.14. The van der Waals surface area contributed by atoms with Crippen molar-refractivity contribution in [2.75, 3.05) is 0 Å². The minimum atomic E-state index is -4.49. The molecule has 15 heavy (non-hydrogen) atoms. The summed E-state index contributed by atoms with van der Waals surface area (Å²) in [5.74, 6) is -0.652. The quantitative estimate of drug-likeness (QED) is 0.797. The molecule has 1 unspecified atom stereocenters. The van der Waals surface area contributed by atoms with Gasteiger partial charge in [-0.1, -0.05) is 19.9 Å². The van der Waals surface area contributed by atoms with Crippen molar-refractivity contribution in [2.45, 2.75) is 32.4 Å². The highest BCUT2D eigenvalue weighted by atomic mass is 19.4. The number of halogens is 3. The first-order valence-electron chi connectivity index (χ1n) is 4.76. The van der Waals surface area contributed by atoms with E-state index in [4.69, 9.17) is 5.11 Å². The van der Waals surface area contributed by atoms with Gasteiger partial charge < -0.3 is 5.11 Å². The fraction of sp³-hybridized carbons (Fsp3) is 0.455. The smallest absolute Gasteiger partial charge is 0.419 e. The maximum Gasteiger partial charge on any atom is 0.419 e. The van der Waals surface area contributed by atoms with E-state index in [-0.39, 0.29) is 5.92 Å². The number of aromatic hydroxyl groups is 1. The molecule has 1 rings (SSSR count). The van der Waals surface area contributed by atoms with Gasteiger partial charge in [-0.05, 0) is 30.0 Å². The normalized spacial score (nSPS) is 13.9. The Kier molecular flexibility index (Phi) is 3.27. The first-order valence-corrected chi connectivity index (χ1v) is 4.76. The summed E-state index contributed by atoms with van der Waals surface area (Å²) in [7, 11) is 0. The van der Waals surface area contributed by atoms with Crippen LogP contribution >= 0.6 is 0 Å². The highest BCUT2D eigenvalue weighted by Gasteiger charge is 2.34. The van der Waals surface area contributed by atoms with E-state index in [1.807, 2.05) is 13.8 Å². The van der Waals surface area contributed by atoms with Crippen LogP contribution < -0.4 is 0 Å². The number of rotatable bonds is 2. The Labute approximate surface area is 86.5 Å². The minimum absolute atomic E-state index is 0.0618. The number of phenolic OH excluding ortho intramolecular Hbond substituents is 1. The standard InChI is InChI=1S/C11H13F3O/c1-3-7(2)8-4-5-10(15)9(6-8)11(12,13)14/h4-7,15H,3H2,1-2H3. The summed E-state index contributed by atoms with van der Waals surface area (Å²) in [6.45, 7) is 3.76. The molecule has 0 amide bonds. The topological polar surface area (TPSA) is 20.2 Å². The Balaban J connectivity index is 3.17. The minimum Gasteiger partial charge on any atom is -0.507 e. The average molecular weight is 218 g/mol. The Morgan fingerprint density at radius 2 is 1.93 bits per heavy atom. The van der Waals surface area contributed by atoms with Crippen LogP contribution in [0.5, 0.6) is 5.75 Å². The third-order valence-corrected chi connectivity index (χ3v) is 2.51. The number of hydrogen-bond donors (Lipinski definition) is 1. The molecule has 0 spiro atoms. The Hall–Kier alpha value is -1.19. The van der Waals surface area contributed by atoms with Crippen LogP contribution in [0.2, 0.25) is 0 Å². The molecule has 0 aliphatic carbocycles. The van der Waals surface area contributed by atoms with E-state index in [0.29, 0.717) is 5.56 Å². The third-order valence-electron chi connectivity index (χ3n) is 2.51. The summed E-state index contributed by atoms with van der Waals surface area (Å²) in [4.78, 5) is 0. The van der Waals surface area contributed by atoms with Gasteiger partial charge in [-0.25, -0.2) is 0 Å². The molecular formula is C11H13F3O.